The summed E-state index contributed by atoms with van der Waals surface area (Å²) in [4.78, 5) is 50.1. The topological polar surface area (TPSA) is 137 Å². The van der Waals surface area contributed by atoms with Gasteiger partial charge in [-0.1, -0.05) is 48.7 Å². The monoisotopic (exact) mass is 758 g/mol. The summed E-state index contributed by atoms with van der Waals surface area (Å²) in [5.41, 5.74) is 3.46. The van der Waals surface area contributed by atoms with Crippen LogP contribution in [0.25, 0.3) is 10.9 Å². The van der Waals surface area contributed by atoms with Gasteiger partial charge < -0.3 is 24.4 Å². The molecule has 53 heavy (non-hydrogen) atoms. The number of pyridine rings is 1. The molecule has 1 saturated heterocycles. The van der Waals surface area contributed by atoms with Gasteiger partial charge in [0.2, 0.25) is 5.91 Å². The van der Waals surface area contributed by atoms with Gasteiger partial charge in [0, 0.05) is 56.4 Å². The number of ether oxygens (including phenoxy) is 3. The predicted octanol–water partition coefficient (Wildman–Crippen LogP) is 6.72. The predicted molar refractivity (Wildman–Crippen MR) is 203 cm³/mol. The number of methoxy groups -OCH3 is 2. The lowest BCUT2D eigenvalue weighted by Gasteiger charge is -2.38. The molecule has 1 N–H and O–H groups in total. The zero-order valence-corrected chi connectivity index (χ0v) is 31.7. The first-order valence-electron chi connectivity index (χ1n) is 17.3. The number of piperazine rings is 1. The van der Waals surface area contributed by atoms with Crippen LogP contribution in [0.3, 0.4) is 0 Å². The third-order valence-electron chi connectivity index (χ3n) is 9.57. The van der Waals surface area contributed by atoms with Crippen molar-refractivity contribution in [3.05, 3.63) is 81.0 Å². The van der Waals surface area contributed by atoms with E-state index in [9.17, 15) is 19.6 Å². The Hall–Kier alpha value is -5.09. The SMILES string of the molecule is COc1cc(Nc2c(C#N)cnc3cc(OCCCN4CCN(C(=O)C(C(C)C)N5C(=O)c6ccc(C)cc6C5=O)CC4)c(OC)cc23)c(Cl)cc1Cl. The fourth-order valence-electron chi connectivity index (χ4n) is 6.78. The van der Waals surface area contributed by atoms with Crippen LogP contribution in [0.15, 0.2) is 48.7 Å². The van der Waals surface area contributed by atoms with E-state index in [1.165, 1.54) is 13.3 Å². The number of carbonyl (C=O) groups excluding carboxylic acids is 3. The van der Waals surface area contributed by atoms with Crippen molar-refractivity contribution in [2.45, 2.75) is 33.2 Å². The standard InChI is InChI=1S/C39H40Cl2N6O6/c1-22(2)36(47-37(48)25-8-7-23(3)15-26(25)38(47)49)39(50)46-12-10-45(11-13-46)9-6-14-53-34-18-30-27(16-33(34)52-5)35(24(20-42)21-43-30)44-31-19-32(51-4)29(41)17-28(31)40/h7-8,15-19,21-22,36H,6,9-14H2,1-5H3,(H,43,44). The summed E-state index contributed by atoms with van der Waals surface area (Å²) in [5, 5.41) is 14.5. The molecule has 2 aliphatic heterocycles. The van der Waals surface area contributed by atoms with Gasteiger partial charge >= 0.3 is 0 Å². The number of nitrogens with one attached hydrogen (secondary N) is 1. The van der Waals surface area contributed by atoms with Crippen LogP contribution in [0.2, 0.25) is 10.0 Å². The van der Waals surface area contributed by atoms with Crippen molar-refractivity contribution < 1.29 is 28.6 Å². The zero-order valence-electron chi connectivity index (χ0n) is 30.2. The maximum Gasteiger partial charge on any atom is 0.262 e. The van der Waals surface area contributed by atoms with E-state index in [4.69, 9.17) is 37.4 Å². The van der Waals surface area contributed by atoms with Gasteiger partial charge in [0.25, 0.3) is 11.8 Å². The molecule has 0 saturated carbocycles. The summed E-state index contributed by atoms with van der Waals surface area (Å²) in [6.07, 6.45) is 2.19. The molecule has 3 amide bonds. The maximum atomic E-state index is 13.8. The van der Waals surface area contributed by atoms with Gasteiger partial charge in [0.15, 0.2) is 11.5 Å². The molecule has 3 aromatic carbocycles. The van der Waals surface area contributed by atoms with Crippen molar-refractivity contribution in [1.82, 2.24) is 19.7 Å². The van der Waals surface area contributed by atoms with Gasteiger partial charge in [-0.05, 0) is 43.5 Å². The first-order valence-corrected chi connectivity index (χ1v) is 18.0. The number of rotatable bonds is 12. The molecule has 2 aliphatic rings. The second-order valence-electron chi connectivity index (χ2n) is 13.4. The van der Waals surface area contributed by atoms with Gasteiger partial charge in [-0.2, -0.15) is 5.26 Å². The Bertz CT molecular complexity index is 2130. The Balaban J connectivity index is 1.06. The summed E-state index contributed by atoms with van der Waals surface area (Å²) < 4.78 is 17.2. The van der Waals surface area contributed by atoms with Crippen molar-refractivity contribution in [2.75, 3.05) is 58.9 Å². The van der Waals surface area contributed by atoms with Crippen molar-refractivity contribution in [3.8, 4) is 23.3 Å². The second-order valence-corrected chi connectivity index (χ2v) is 14.2. The van der Waals surface area contributed by atoms with E-state index in [-0.39, 0.29) is 11.8 Å². The van der Waals surface area contributed by atoms with Crippen molar-refractivity contribution in [1.29, 1.82) is 5.26 Å². The molecule has 1 fully saturated rings. The minimum Gasteiger partial charge on any atom is -0.495 e. The number of nitriles is 1. The van der Waals surface area contributed by atoms with E-state index in [2.05, 4.69) is 21.3 Å². The van der Waals surface area contributed by atoms with Crippen LogP contribution in [0.1, 0.15) is 52.1 Å². The summed E-state index contributed by atoms with van der Waals surface area (Å²) in [5.74, 6) is 0.125. The minimum atomic E-state index is -0.869. The molecule has 0 spiro atoms. The first-order chi connectivity index (χ1) is 25.4. The van der Waals surface area contributed by atoms with Crippen LogP contribution < -0.4 is 19.5 Å². The lowest BCUT2D eigenvalue weighted by atomic mass is 10.0. The third kappa shape index (κ3) is 7.55. The number of benzene rings is 3. The number of amides is 3. The normalized spacial score (nSPS) is 15.1. The summed E-state index contributed by atoms with van der Waals surface area (Å²) in [7, 11) is 3.05. The Morgan fingerprint density at radius 1 is 0.943 bits per heavy atom. The molecule has 1 unspecified atom stereocenters. The number of fused-ring (bicyclic) bond motifs is 2. The Labute approximate surface area is 318 Å². The average Bonchev–Trinajstić information content (AvgIpc) is 3.38. The largest absolute Gasteiger partial charge is 0.495 e. The molecule has 6 rings (SSSR count). The van der Waals surface area contributed by atoms with Gasteiger partial charge in [0.05, 0.1) is 64.5 Å². The fourth-order valence-corrected chi connectivity index (χ4v) is 7.28. The first kappa shape index (κ1) is 37.7. The fraction of sp³-hybridized carbons (Fsp3) is 0.359. The number of hydrogen-bond donors (Lipinski definition) is 1. The summed E-state index contributed by atoms with van der Waals surface area (Å²) in [6, 6.07) is 13.3. The molecule has 276 valence electrons. The molecule has 0 radical (unpaired) electrons. The number of anilines is 2. The van der Waals surface area contributed by atoms with Gasteiger partial charge in [0.1, 0.15) is 17.9 Å². The number of halogens is 2. The highest BCUT2D eigenvalue weighted by Crippen LogP contribution is 2.40. The third-order valence-corrected chi connectivity index (χ3v) is 10.2. The highest BCUT2D eigenvalue weighted by atomic mass is 35.5. The summed E-state index contributed by atoms with van der Waals surface area (Å²) >= 11 is 12.7. The Morgan fingerprint density at radius 3 is 2.34 bits per heavy atom. The van der Waals surface area contributed by atoms with Crippen LogP contribution in [0.5, 0.6) is 17.2 Å². The quantitative estimate of drug-likeness (QED) is 0.123. The van der Waals surface area contributed by atoms with E-state index in [1.54, 1.807) is 54.5 Å². The molecule has 12 nitrogen and oxygen atoms in total. The molecule has 1 aromatic heterocycles. The molecular weight excluding hydrogens is 719 g/mol. The molecule has 1 atom stereocenters. The van der Waals surface area contributed by atoms with E-state index in [1.807, 2.05) is 20.8 Å². The smallest absolute Gasteiger partial charge is 0.262 e. The van der Waals surface area contributed by atoms with E-state index in [0.29, 0.717) is 105 Å². The Kier molecular flexibility index (Phi) is 11.3. The number of imide groups is 1. The molecule has 0 aliphatic carbocycles. The minimum absolute atomic E-state index is 0.206. The highest BCUT2D eigenvalue weighted by molar-refractivity contribution is 6.37. The van der Waals surface area contributed by atoms with Gasteiger partial charge in [-0.3, -0.25) is 29.2 Å². The van der Waals surface area contributed by atoms with Crippen molar-refractivity contribution in [2.24, 2.45) is 5.92 Å². The van der Waals surface area contributed by atoms with E-state index in [0.717, 1.165) is 17.0 Å². The van der Waals surface area contributed by atoms with E-state index >= 15 is 0 Å². The number of carbonyl (C=O) groups is 3. The number of aromatic nitrogens is 1. The molecule has 14 heteroatoms. The van der Waals surface area contributed by atoms with Crippen LogP contribution in [0.4, 0.5) is 11.4 Å². The lowest BCUT2D eigenvalue weighted by molar-refractivity contribution is -0.138. The summed E-state index contributed by atoms with van der Waals surface area (Å²) in [6.45, 7) is 9.03. The number of nitrogens with zero attached hydrogens (tertiary/aromatic N) is 5. The molecular formula is C39H40Cl2N6O6. The molecule has 3 heterocycles. The van der Waals surface area contributed by atoms with Gasteiger partial charge in [-0.25, -0.2) is 0 Å². The zero-order chi connectivity index (χ0) is 38.0. The second kappa shape index (κ2) is 15.9. The highest BCUT2D eigenvalue weighted by Gasteiger charge is 2.45. The lowest BCUT2D eigenvalue weighted by Crippen LogP contribution is -2.57. The number of hydrogen-bond acceptors (Lipinski definition) is 10. The van der Waals surface area contributed by atoms with E-state index < -0.39 is 17.9 Å². The van der Waals surface area contributed by atoms with Crippen LogP contribution in [-0.4, -0.2) is 97.0 Å². The molecule has 0 bridgehead atoms. The van der Waals surface area contributed by atoms with Gasteiger partial charge in [-0.15, -0.1) is 0 Å². The van der Waals surface area contributed by atoms with Crippen LogP contribution in [-0.2, 0) is 4.79 Å². The van der Waals surface area contributed by atoms with Crippen molar-refractivity contribution in [3.63, 3.8) is 0 Å². The average molecular weight is 760 g/mol. The van der Waals surface area contributed by atoms with Crippen LogP contribution >= 0.6 is 23.2 Å². The van der Waals surface area contributed by atoms with Crippen LogP contribution in [0, 0.1) is 24.2 Å². The Morgan fingerprint density at radius 2 is 1.66 bits per heavy atom. The number of aryl methyl sites for hydroxylation is 1. The van der Waals surface area contributed by atoms with Crippen molar-refractivity contribution >= 4 is 63.2 Å². The molecule has 4 aromatic rings. The maximum absolute atomic E-state index is 13.8.